The summed E-state index contributed by atoms with van der Waals surface area (Å²) in [6, 6.07) is 9.73. The van der Waals surface area contributed by atoms with Crippen LogP contribution in [-0.2, 0) is 14.3 Å². The molecule has 1 atom stereocenters. The number of carbonyl (C=O) groups excluding carboxylic acids is 3. The van der Waals surface area contributed by atoms with Crippen LogP contribution in [0.3, 0.4) is 0 Å². The van der Waals surface area contributed by atoms with Crippen molar-refractivity contribution in [2.75, 3.05) is 20.2 Å². The Morgan fingerprint density at radius 2 is 1.88 bits per heavy atom. The number of ketones is 1. The number of carbonyl (C=O) groups is 3. The maximum absolute atomic E-state index is 12.7. The molecule has 7 heteroatoms. The van der Waals surface area contributed by atoms with E-state index in [0.29, 0.717) is 31.8 Å². The first kappa shape index (κ1) is 18.0. The molecule has 0 aliphatic carbocycles. The number of hydrogen-bond acceptors (Lipinski definition) is 5. The van der Waals surface area contributed by atoms with Crippen LogP contribution < -0.4 is 10.6 Å². The van der Waals surface area contributed by atoms with Gasteiger partial charge >= 0.3 is 6.09 Å². The fraction of sp³-hybridized carbons (Fsp3) is 0.421. The van der Waals surface area contributed by atoms with Gasteiger partial charge in [0, 0.05) is 25.2 Å². The lowest BCUT2D eigenvalue weighted by Gasteiger charge is -2.40. The second-order valence-corrected chi connectivity index (χ2v) is 6.69. The highest BCUT2D eigenvalue weighted by Gasteiger charge is 2.49. The van der Waals surface area contributed by atoms with Gasteiger partial charge in [-0.3, -0.25) is 9.59 Å². The molecule has 7 nitrogen and oxygen atoms in total. The molecule has 2 aliphatic rings. The minimum atomic E-state index is -1.09. The zero-order valence-corrected chi connectivity index (χ0v) is 15.0. The molecule has 1 fully saturated rings. The van der Waals surface area contributed by atoms with E-state index >= 15 is 0 Å². The van der Waals surface area contributed by atoms with Crippen molar-refractivity contribution in [3.8, 4) is 0 Å². The van der Waals surface area contributed by atoms with Gasteiger partial charge in [0.2, 0.25) is 5.91 Å². The van der Waals surface area contributed by atoms with Crippen LogP contribution in [0.2, 0.25) is 0 Å². The molecule has 1 spiro atoms. The van der Waals surface area contributed by atoms with Crippen molar-refractivity contribution in [1.29, 1.82) is 0 Å². The molecule has 2 amide bonds. The first-order valence-electron chi connectivity index (χ1n) is 8.68. The maximum atomic E-state index is 12.7. The lowest BCUT2D eigenvalue weighted by Crippen LogP contribution is -2.57. The summed E-state index contributed by atoms with van der Waals surface area (Å²) >= 11 is 0. The van der Waals surface area contributed by atoms with E-state index in [2.05, 4.69) is 10.6 Å². The smallest absolute Gasteiger partial charge is 0.409 e. The zero-order chi connectivity index (χ0) is 18.7. The summed E-state index contributed by atoms with van der Waals surface area (Å²) in [6.07, 6.45) is 1.63. The highest BCUT2D eigenvalue weighted by Crippen LogP contribution is 2.36. The third kappa shape index (κ3) is 3.29. The van der Waals surface area contributed by atoms with Crippen molar-refractivity contribution in [3.63, 3.8) is 0 Å². The third-order valence-corrected chi connectivity index (χ3v) is 5.15. The minimum Gasteiger partial charge on any atom is -0.453 e. The average Bonchev–Trinajstić information content (AvgIpc) is 2.66. The molecule has 138 valence electrons. The van der Waals surface area contributed by atoms with Gasteiger partial charge in [-0.25, -0.2) is 4.79 Å². The quantitative estimate of drug-likeness (QED) is 0.805. The molecule has 0 bridgehead atoms. The van der Waals surface area contributed by atoms with E-state index < -0.39 is 11.5 Å². The zero-order valence-electron chi connectivity index (χ0n) is 15.0. The second kappa shape index (κ2) is 7.19. The highest BCUT2D eigenvalue weighted by atomic mass is 16.5. The van der Waals surface area contributed by atoms with Gasteiger partial charge in [0.05, 0.1) is 7.11 Å². The predicted molar refractivity (Wildman–Crippen MR) is 94.9 cm³/mol. The largest absolute Gasteiger partial charge is 0.453 e. The molecule has 1 saturated heterocycles. The normalized spacial score (nSPS) is 20.2. The standard InChI is InChI=1S/C19H23N3O4/c1-13(14-6-4-3-5-7-14)20-16-12-15(23)19(17(24)21-16)8-10-22(11-9-19)18(25)26-2/h3-7,12-13,20H,8-11H2,1-2H3,(H,21,24)/t13-/m1/s1. The van der Waals surface area contributed by atoms with E-state index in [1.807, 2.05) is 37.3 Å². The van der Waals surface area contributed by atoms with Crippen LogP contribution in [0.15, 0.2) is 42.2 Å². The summed E-state index contributed by atoms with van der Waals surface area (Å²) in [5, 5.41) is 6.00. The Morgan fingerprint density at radius 3 is 2.46 bits per heavy atom. The highest BCUT2D eigenvalue weighted by molar-refractivity contribution is 6.14. The maximum Gasteiger partial charge on any atom is 0.409 e. The molecule has 1 aromatic carbocycles. The van der Waals surface area contributed by atoms with Crippen LogP contribution in [0, 0.1) is 5.41 Å². The molecule has 3 rings (SSSR count). The molecule has 1 aromatic rings. The lowest BCUT2D eigenvalue weighted by atomic mass is 9.72. The Labute approximate surface area is 152 Å². The third-order valence-electron chi connectivity index (χ3n) is 5.15. The number of allylic oxidation sites excluding steroid dienone is 1. The lowest BCUT2D eigenvalue weighted by molar-refractivity contribution is -0.143. The van der Waals surface area contributed by atoms with Gasteiger partial charge < -0.3 is 20.3 Å². The topological polar surface area (TPSA) is 87.7 Å². The Bertz CT molecular complexity index is 736. The van der Waals surface area contributed by atoms with Crippen molar-refractivity contribution < 1.29 is 19.1 Å². The van der Waals surface area contributed by atoms with Crippen LogP contribution in [0.4, 0.5) is 4.79 Å². The molecule has 26 heavy (non-hydrogen) atoms. The van der Waals surface area contributed by atoms with E-state index in [0.717, 1.165) is 5.56 Å². The fourth-order valence-electron chi connectivity index (χ4n) is 3.47. The van der Waals surface area contributed by atoms with E-state index in [9.17, 15) is 14.4 Å². The van der Waals surface area contributed by atoms with Gasteiger partial charge in [-0.15, -0.1) is 0 Å². The predicted octanol–water partition coefficient (Wildman–Crippen LogP) is 1.73. The van der Waals surface area contributed by atoms with Gasteiger partial charge in [0.1, 0.15) is 11.2 Å². The Hall–Kier alpha value is -2.83. The molecule has 0 radical (unpaired) electrons. The van der Waals surface area contributed by atoms with Gasteiger partial charge in [0.25, 0.3) is 0 Å². The van der Waals surface area contributed by atoms with Gasteiger partial charge in [-0.2, -0.15) is 0 Å². The molecular formula is C19H23N3O4. The van der Waals surface area contributed by atoms with Crippen LogP contribution >= 0.6 is 0 Å². The number of ether oxygens (including phenoxy) is 1. The molecule has 0 aromatic heterocycles. The van der Waals surface area contributed by atoms with Crippen LogP contribution in [0.1, 0.15) is 31.4 Å². The van der Waals surface area contributed by atoms with Crippen molar-refractivity contribution in [2.45, 2.75) is 25.8 Å². The summed E-state index contributed by atoms with van der Waals surface area (Å²) in [5.74, 6) is -0.108. The summed E-state index contributed by atoms with van der Waals surface area (Å²) in [6.45, 7) is 2.61. The number of amides is 2. The SMILES string of the molecule is COC(=O)N1CCC2(CC1)C(=O)C=C(N[C@H](C)c1ccccc1)NC2=O. The van der Waals surface area contributed by atoms with Crippen molar-refractivity contribution in [2.24, 2.45) is 5.41 Å². The molecular weight excluding hydrogens is 334 g/mol. The van der Waals surface area contributed by atoms with Gasteiger partial charge in [0.15, 0.2) is 5.78 Å². The Kier molecular flexibility index (Phi) is 4.97. The van der Waals surface area contributed by atoms with E-state index in [4.69, 9.17) is 4.74 Å². The summed E-state index contributed by atoms with van der Waals surface area (Å²) in [4.78, 5) is 38.6. The minimum absolute atomic E-state index is 0.0502. The first-order chi connectivity index (χ1) is 12.5. The Morgan fingerprint density at radius 1 is 1.23 bits per heavy atom. The number of rotatable bonds is 3. The molecule has 0 saturated carbocycles. The van der Waals surface area contributed by atoms with Crippen LogP contribution in [-0.4, -0.2) is 42.9 Å². The van der Waals surface area contributed by atoms with Crippen LogP contribution in [0.5, 0.6) is 0 Å². The van der Waals surface area contributed by atoms with E-state index in [1.54, 1.807) is 0 Å². The Balaban J connectivity index is 1.70. The monoisotopic (exact) mass is 357 g/mol. The number of nitrogens with one attached hydrogen (secondary N) is 2. The molecule has 2 heterocycles. The van der Waals surface area contributed by atoms with E-state index in [-0.39, 0.29) is 17.7 Å². The fourth-order valence-corrected chi connectivity index (χ4v) is 3.47. The average molecular weight is 357 g/mol. The number of piperidine rings is 1. The number of hydrogen-bond donors (Lipinski definition) is 2. The first-order valence-corrected chi connectivity index (χ1v) is 8.68. The summed E-state index contributed by atoms with van der Waals surface area (Å²) in [7, 11) is 1.32. The van der Waals surface area contributed by atoms with Gasteiger partial charge in [-0.1, -0.05) is 30.3 Å². The second-order valence-electron chi connectivity index (χ2n) is 6.69. The summed E-state index contributed by atoms with van der Waals surface area (Å²) < 4.78 is 4.70. The number of nitrogens with zero attached hydrogens (tertiary/aromatic N) is 1. The number of benzene rings is 1. The number of likely N-dealkylation sites (tertiary alicyclic amines) is 1. The molecule has 2 N–H and O–H groups in total. The van der Waals surface area contributed by atoms with Crippen LogP contribution in [0.25, 0.3) is 0 Å². The number of methoxy groups -OCH3 is 1. The van der Waals surface area contributed by atoms with E-state index in [1.165, 1.54) is 18.1 Å². The van der Waals surface area contributed by atoms with Crippen molar-refractivity contribution >= 4 is 17.8 Å². The van der Waals surface area contributed by atoms with Gasteiger partial charge in [-0.05, 0) is 25.3 Å². The summed E-state index contributed by atoms with van der Waals surface area (Å²) in [5.41, 5.74) is -0.0344. The molecule has 2 aliphatic heterocycles. The molecule has 0 unspecified atom stereocenters. The van der Waals surface area contributed by atoms with Crippen molar-refractivity contribution in [1.82, 2.24) is 15.5 Å². The van der Waals surface area contributed by atoms with Crippen molar-refractivity contribution in [3.05, 3.63) is 47.8 Å².